The van der Waals surface area contributed by atoms with E-state index in [4.69, 9.17) is 39.9 Å². The molecular weight excluding hydrogens is 222 g/mol. The lowest BCUT2D eigenvalue weighted by atomic mass is 10.2. The van der Waals surface area contributed by atoms with Crippen LogP contribution in [-0.4, -0.2) is 11.1 Å². The fraction of sp³-hybridized carbons (Fsp3) is 0. The Hall–Kier alpha value is -0.440. The van der Waals surface area contributed by atoms with Crippen LogP contribution in [0.15, 0.2) is 12.1 Å². The summed E-state index contributed by atoms with van der Waals surface area (Å²) in [5.74, 6) is -1.17. The number of halogens is 3. The second-order valence-corrected chi connectivity index (χ2v) is 3.30. The van der Waals surface area contributed by atoms with Crippen molar-refractivity contribution in [1.82, 2.24) is 0 Å². The zero-order valence-corrected chi connectivity index (χ0v) is 7.91. The maximum Gasteiger partial charge on any atom is 0.338 e. The van der Waals surface area contributed by atoms with Gasteiger partial charge in [-0.05, 0) is 12.1 Å². The number of carboxylic acid groups (broad SMARTS) is 1. The number of carboxylic acids is 1. The lowest BCUT2D eigenvalue weighted by Crippen LogP contribution is -1.98. The molecule has 0 aromatic heterocycles. The predicted molar refractivity (Wildman–Crippen MR) is 48.4 cm³/mol. The highest BCUT2D eigenvalue weighted by Gasteiger charge is 2.13. The molecule has 1 aromatic carbocycles. The Morgan fingerprint density at radius 3 is 1.92 bits per heavy atom. The van der Waals surface area contributed by atoms with E-state index in [2.05, 4.69) is 0 Å². The summed E-state index contributed by atoms with van der Waals surface area (Å²) >= 11 is 16.7. The van der Waals surface area contributed by atoms with E-state index in [-0.39, 0.29) is 15.6 Å². The number of rotatable bonds is 1. The molecule has 1 N–H and O–H groups in total. The monoisotopic (exact) mass is 224 g/mol. The molecule has 1 rings (SSSR count). The lowest BCUT2D eigenvalue weighted by molar-refractivity contribution is 0.0697. The molecule has 0 heterocycles. The van der Waals surface area contributed by atoms with Crippen molar-refractivity contribution in [2.24, 2.45) is 0 Å². The summed E-state index contributed by atoms with van der Waals surface area (Å²) in [7, 11) is 0. The second-order valence-electron chi connectivity index (χ2n) is 2.05. The quantitative estimate of drug-likeness (QED) is 0.796. The summed E-state index contributed by atoms with van der Waals surface area (Å²) < 4.78 is 0. The molecule has 2 nitrogen and oxygen atoms in total. The Labute approximate surface area is 83.7 Å². The van der Waals surface area contributed by atoms with E-state index in [0.29, 0.717) is 5.02 Å². The van der Waals surface area contributed by atoms with Crippen LogP contribution in [0.4, 0.5) is 0 Å². The number of carbonyl (C=O) groups is 1. The van der Waals surface area contributed by atoms with Crippen molar-refractivity contribution in [1.29, 1.82) is 0 Å². The third-order valence-electron chi connectivity index (χ3n) is 1.22. The molecule has 0 aliphatic heterocycles. The SMILES string of the molecule is O=C(O)c1c(Cl)cc(Cl)cc1Cl. The number of hydrogen-bond donors (Lipinski definition) is 1. The first-order valence-electron chi connectivity index (χ1n) is 2.90. The van der Waals surface area contributed by atoms with Gasteiger partial charge in [-0.15, -0.1) is 0 Å². The van der Waals surface area contributed by atoms with Crippen molar-refractivity contribution < 1.29 is 9.90 Å². The zero-order chi connectivity index (χ0) is 9.30. The van der Waals surface area contributed by atoms with Gasteiger partial charge in [0.05, 0.1) is 15.6 Å². The highest BCUT2D eigenvalue weighted by Crippen LogP contribution is 2.28. The molecule has 64 valence electrons. The van der Waals surface area contributed by atoms with Crippen LogP contribution in [0.3, 0.4) is 0 Å². The molecular formula is C7H3Cl3O2. The smallest absolute Gasteiger partial charge is 0.338 e. The molecule has 0 atom stereocenters. The fourth-order valence-electron chi connectivity index (χ4n) is 0.747. The third-order valence-corrected chi connectivity index (χ3v) is 2.04. The van der Waals surface area contributed by atoms with E-state index < -0.39 is 5.97 Å². The highest BCUT2D eigenvalue weighted by molar-refractivity contribution is 6.41. The van der Waals surface area contributed by atoms with Gasteiger partial charge in [-0.3, -0.25) is 0 Å². The molecule has 0 saturated carbocycles. The Balaban J connectivity index is 3.38. The van der Waals surface area contributed by atoms with Crippen molar-refractivity contribution in [3.8, 4) is 0 Å². The molecule has 0 radical (unpaired) electrons. The van der Waals surface area contributed by atoms with E-state index >= 15 is 0 Å². The molecule has 0 unspecified atom stereocenters. The second kappa shape index (κ2) is 3.52. The maximum atomic E-state index is 10.5. The minimum Gasteiger partial charge on any atom is -0.478 e. The largest absolute Gasteiger partial charge is 0.478 e. The molecule has 0 fully saturated rings. The van der Waals surface area contributed by atoms with Gasteiger partial charge in [-0.2, -0.15) is 0 Å². The van der Waals surface area contributed by atoms with E-state index in [9.17, 15) is 4.79 Å². The lowest BCUT2D eigenvalue weighted by Gasteiger charge is -2.01. The summed E-state index contributed by atoms with van der Waals surface area (Å²) in [5, 5.41) is 9.02. The van der Waals surface area contributed by atoms with E-state index in [0.717, 1.165) is 0 Å². The van der Waals surface area contributed by atoms with Gasteiger partial charge >= 0.3 is 5.97 Å². The maximum absolute atomic E-state index is 10.5. The number of aromatic carboxylic acids is 1. The van der Waals surface area contributed by atoms with Crippen LogP contribution in [0.1, 0.15) is 10.4 Å². The summed E-state index contributed by atoms with van der Waals surface area (Å²) in [6.45, 7) is 0. The Morgan fingerprint density at radius 2 is 1.58 bits per heavy atom. The topological polar surface area (TPSA) is 37.3 Å². The molecule has 0 saturated heterocycles. The highest BCUT2D eigenvalue weighted by atomic mass is 35.5. The van der Waals surface area contributed by atoms with Crippen molar-refractivity contribution in [3.63, 3.8) is 0 Å². The van der Waals surface area contributed by atoms with Crippen LogP contribution in [0.5, 0.6) is 0 Å². The molecule has 0 aliphatic carbocycles. The van der Waals surface area contributed by atoms with Gasteiger partial charge in [0.2, 0.25) is 0 Å². The van der Waals surface area contributed by atoms with Crippen molar-refractivity contribution in [2.45, 2.75) is 0 Å². The summed E-state index contributed by atoms with van der Waals surface area (Å²) in [5.41, 5.74) is -0.122. The van der Waals surface area contributed by atoms with Gasteiger partial charge in [-0.25, -0.2) is 4.79 Å². The molecule has 1 aromatic rings. The zero-order valence-electron chi connectivity index (χ0n) is 5.64. The number of benzene rings is 1. The first-order valence-corrected chi connectivity index (χ1v) is 4.03. The summed E-state index contributed by atoms with van der Waals surface area (Å²) in [6.07, 6.45) is 0. The number of hydrogen-bond acceptors (Lipinski definition) is 1. The van der Waals surface area contributed by atoms with Crippen molar-refractivity contribution >= 4 is 40.8 Å². The van der Waals surface area contributed by atoms with Gasteiger partial charge in [0, 0.05) is 5.02 Å². The van der Waals surface area contributed by atoms with Gasteiger partial charge in [0.1, 0.15) is 0 Å². The van der Waals surface area contributed by atoms with Crippen LogP contribution >= 0.6 is 34.8 Å². The van der Waals surface area contributed by atoms with Gasteiger partial charge < -0.3 is 5.11 Å². The van der Waals surface area contributed by atoms with Gasteiger partial charge in [-0.1, -0.05) is 34.8 Å². The molecule has 12 heavy (non-hydrogen) atoms. The summed E-state index contributed by atoms with van der Waals surface area (Å²) in [6, 6.07) is 2.66. The fourth-order valence-corrected chi connectivity index (χ4v) is 1.73. The Morgan fingerprint density at radius 1 is 1.17 bits per heavy atom. The van der Waals surface area contributed by atoms with Crippen LogP contribution in [0.2, 0.25) is 15.1 Å². The third kappa shape index (κ3) is 1.83. The molecule has 0 aliphatic rings. The van der Waals surface area contributed by atoms with Crippen molar-refractivity contribution in [2.75, 3.05) is 0 Å². The van der Waals surface area contributed by atoms with E-state index in [1.807, 2.05) is 0 Å². The normalized spacial score (nSPS) is 9.92. The molecule has 0 bridgehead atoms. The molecule has 0 amide bonds. The van der Waals surface area contributed by atoms with E-state index in [1.165, 1.54) is 12.1 Å². The average molecular weight is 225 g/mol. The standard InChI is InChI=1S/C7H3Cl3O2/c8-3-1-4(9)6(7(11)12)5(10)2-3/h1-2H,(H,11,12). The van der Waals surface area contributed by atoms with Gasteiger partial charge in [0.15, 0.2) is 0 Å². The Kier molecular flexibility index (Phi) is 2.83. The van der Waals surface area contributed by atoms with Crippen LogP contribution in [0.25, 0.3) is 0 Å². The predicted octanol–water partition coefficient (Wildman–Crippen LogP) is 3.35. The van der Waals surface area contributed by atoms with Gasteiger partial charge in [0.25, 0.3) is 0 Å². The first-order chi connectivity index (χ1) is 5.52. The molecule has 0 spiro atoms. The average Bonchev–Trinajstić information content (AvgIpc) is 1.82. The van der Waals surface area contributed by atoms with Crippen LogP contribution in [0, 0.1) is 0 Å². The minimum absolute atomic E-state index is 0.0417. The van der Waals surface area contributed by atoms with Crippen LogP contribution in [-0.2, 0) is 0 Å². The summed E-state index contributed by atoms with van der Waals surface area (Å²) in [4.78, 5) is 10.5. The Bertz CT molecular complexity index is 312. The first kappa shape index (κ1) is 9.65. The molecule has 5 heteroatoms. The van der Waals surface area contributed by atoms with E-state index in [1.54, 1.807) is 0 Å². The van der Waals surface area contributed by atoms with Crippen molar-refractivity contribution in [3.05, 3.63) is 32.8 Å². The van der Waals surface area contributed by atoms with Crippen LogP contribution < -0.4 is 0 Å². The minimum atomic E-state index is -1.17.